The highest BCUT2D eigenvalue weighted by Crippen LogP contribution is 2.45. The first kappa shape index (κ1) is 24.4. The number of rotatable bonds is 6. The Morgan fingerprint density at radius 3 is 2.62 bits per heavy atom. The van der Waals surface area contributed by atoms with E-state index in [1.165, 1.54) is 23.1 Å². The molecule has 186 valence electrons. The molecule has 1 aliphatic rings. The average molecular weight is 515 g/mol. The van der Waals surface area contributed by atoms with Crippen LogP contribution in [0.1, 0.15) is 28.3 Å². The first-order chi connectivity index (χ1) is 17.8. The van der Waals surface area contributed by atoms with Gasteiger partial charge in [-0.25, -0.2) is 9.37 Å². The molecule has 1 fully saturated rings. The molecular formula is C29H23FN2O4S. The fourth-order valence-corrected chi connectivity index (χ4v) is 5.39. The normalized spacial score (nSPS) is 16.9. The van der Waals surface area contributed by atoms with E-state index < -0.39 is 23.5 Å². The Bertz CT molecular complexity index is 1590. The van der Waals surface area contributed by atoms with E-state index in [1.807, 2.05) is 26.0 Å². The van der Waals surface area contributed by atoms with Crippen molar-refractivity contribution in [3.63, 3.8) is 0 Å². The number of aryl methyl sites for hydroxylation is 2. The molecule has 2 heterocycles. The summed E-state index contributed by atoms with van der Waals surface area (Å²) in [6.07, 6.45) is 1.63. The van der Waals surface area contributed by atoms with Crippen LogP contribution in [0.5, 0.6) is 5.75 Å². The van der Waals surface area contributed by atoms with Crippen LogP contribution < -0.4 is 9.64 Å². The maximum absolute atomic E-state index is 13.8. The number of ketones is 1. The average Bonchev–Trinajstić information content (AvgIpc) is 3.41. The lowest BCUT2D eigenvalue weighted by Gasteiger charge is -2.23. The van der Waals surface area contributed by atoms with E-state index in [0.717, 1.165) is 22.5 Å². The Balaban J connectivity index is 1.71. The summed E-state index contributed by atoms with van der Waals surface area (Å²) in [6.45, 7) is 7.68. The van der Waals surface area contributed by atoms with Crippen LogP contribution in [0.25, 0.3) is 16.0 Å². The lowest BCUT2D eigenvalue weighted by Crippen LogP contribution is -2.29. The summed E-state index contributed by atoms with van der Waals surface area (Å²) in [5.41, 5.74) is 3.18. The number of hydrogen-bond acceptors (Lipinski definition) is 6. The summed E-state index contributed by atoms with van der Waals surface area (Å²) < 4.78 is 20.0. The largest absolute Gasteiger partial charge is 0.507 e. The number of carbonyl (C=O) groups is 2. The van der Waals surface area contributed by atoms with Crippen LogP contribution in [0.2, 0.25) is 0 Å². The van der Waals surface area contributed by atoms with Gasteiger partial charge in [-0.3, -0.25) is 14.5 Å². The van der Waals surface area contributed by atoms with Crippen LogP contribution in [-0.2, 0) is 9.59 Å². The van der Waals surface area contributed by atoms with E-state index >= 15 is 0 Å². The molecular weight excluding hydrogens is 491 g/mol. The van der Waals surface area contributed by atoms with Crippen LogP contribution in [0.15, 0.2) is 78.9 Å². The number of aliphatic hydroxyl groups is 1. The van der Waals surface area contributed by atoms with E-state index in [-0.39, 0.29) is 16.5 Å². The van der Waals surface area contributed by atoms with Gasteiger partial charge in [-0.05, 0) is 61.4 Å². The second-order valence-corrected chi connectivity index (χ2v) is 9.77. The number of nitrogens with zero attached hydrogens (tertiary/aromatic N) is 2. The number of ether oxygens (including phenoxy) is 1. The molecule has 3 aromatic carbocycles. The molecule has 1 unspecified atom stereocenters. The molecule has 1 N–H and O–H groups in total. The number of benzene rings is 3. The molecule has 5 rings (SSSR count). The molecule has 1 saturated heterocycles. The Labute approximate surface area is 217 Å². The fourth-order valence-electron chi connectivity index (χ4n) is 4.37. The number of Topliss-reactive ketones (excluding diaryl/α,β-unsaturated/α-hetero) is 1. The van der Waals surface area contributed by atoms with Gasteiger partial charge in [0.05, 0.1) is 21.8 Å². The predicted molar refractivity (Wildman–Crippen MR) is 142 cm³/mol. The summed E-state index contributed by atoms with van der Waals surface area (Å²) in [5.74, 6) is -1.73. The Hall–Kier alpha value is -4.30. The predicted octanol–water partition coefficient (Wildman–Crippen LogP) is 6.24. The van der Waals surface area contributed by atoms with Crippen molar-refractivity contribution in [3.05, 3.63) is 107 Å². The minimum Gasteiger partial charge on any atom is -0.507 e. The number of amides is 1. The summed E-state index contributed by atoms with van der Waals surface area (Å²) in [4.78, 5) is 32.7. The smallest absolute Gasteiger partial charge is 0.301 e. The van der Waals surface area contributed by atoms with Crippen molar-refractivity contribution in [3.8, 4) is 5.75 Å². The van der Waals surface area contributed by atoms with Gasteiger partial charge in [0.1, 0.15) is 23.9 Å². The molecule has 8 heteroatoms. The fraction of sp³-hybridized carbons (Fsp3) is 0.138. The quantitative estimate of drug-likeness (QED) is 0.143. The van der Waals surface area contributed by atoms with Crippen molar-refractivity contribution in [1.82, 2.24) is 4.98 Å². The van der Waals surface area contributed by atoms with Crippen molar-refractivity contribution in [2.75, 3.05) is 11.5 Å². The number of thiazole rings is 1. The van der Waals surface area contributed by atoms with Gasteiger partial charge in [-0.15, -0.1) is 0 Å². The molecule has 4 aromatic rings. The van der Waals surface area contributed by atoms with Gasteiger partial charge in [0, 0.05) is 5.56 Å². The van der Waals surface area contributed by atoms with E-state index in [4.69, 9.17) is 4.74 Å². The summed E-state index contributed by atoms with van der Waals surface area (Å²) in [7, 11) is 0. The molecule has 0 radical (unpaired) electrons. The molecule has 6 nitrogen and oxygen atoms in total. The topological polar surface area (TPSA) is 79.7 Å². The number of carbonyl (C=O) groups excluding carboxylic acids is 2. The third-order valence-electron chi connectivity index (χ3n) is 6.20. The van der Waals surface area contributed by atoms with Gasteiger partial charge >= 0.3 is 5.91 Å². The van der Waals surface area contributed by atoms with Crippen molar-refractivity contribution >= 4 is 44.1 Å². The van der Waals surface area contributed by atoms with Crippen LogP contribution in [0.3, 0.4) is 0 Å². The second-order valence-electron chi connectivity index (χ2n) is 8.76. The highest BCUT2D eigenvalue weighted by Gasteiger charge is 2.48. The van der Waals surface area contributed by atoms with Gasteiger partial charge in [0.15, 0.2) is 5.13 Å². The van der Waals surface area contributed by atoms with Crippen molar-refractivity contribution in [2.45, 2.75) is 19.9 Å². The maximum Gasteiger partial charge on any atom is 0.301 e. The summed E-state index contributed by atoms with van der Waals surface area (Å²) in [6, 6.07) is 15.7. The SMILES string of the molecule is C=CCOc1ccc(C2/C(=C(\O)c3cc(C)ccc3C)C(=O)C(=O)N2c2nc3ccc(F)cc3s2)cc1. The van der Waals surface area contributed by atoms with Crippen LogP contribution in [0, 0.1) is 19.7 Å². The molecule has 0 saturated carbocycles. The van der Waals surface area contributed by atoms with Gasteiger partial charge in [-0.1, -0.05) is 53.8 Å². The minimum absolute atomic E-state index is 0.0381. The Kier molecular flexibility index (Phi) is 6.35. The third kappa shape index (κ3) is 4.40. The van der Waals surface area contributed by atoms with E-state index in [9.17, 15) is 19.1 Å². The summed E-state index contributed by atoms with van der Waals surface area (Å²) in [5, 5.41) is 11.7. The molecule has 37 heavy (non-hydrogen) atoms. The number of aliphatic hydroxyl groups excluding tert-OH is 1. The van der Waals surface area contributed by atoms with Gasteiger partial charge in [-0.2, -0.15) is 0 Å². The van der Waals surface area contributed by atoms with Crippen LogP contribution >= 0.6 is 11.3 Å². The minimum atomic E-state index is -0.946. The zero-order valence-corrected chi connectivity index (χ0v) is 21.0. The van der Waals surface area contributed by atoms with Crippen molar-refractivity contribution in [2.24, 2.45) is 0 Å². The molecule has 0 bridgehead atoms. The number of hydrogen-bond donors (Lipinski definition) is 1. The standard InChI is InChI=1S/C29H23FN2O4S/c1-4-13-36-20-10-7-18(8-11-20)25-24(26(33)21-14-16(2)5-6-17(21)3)27(34)28(35)32(25)29-31-22-12-9-19(30)15-23(22)37-29/h4-12,14-15,25,33H,1,13H2,2-3H3/b26-24+. The second kappa shape index (κ2) is 9.63. The van der Waals surface area contributed by atoms with Crippen molar-refractivity contribution in [1.29, 1.82) is 0 Å². The van der Waals surface area contributed by atoms with Gasteiger partial charge < -0.3 is 9.84 Å². The van der Waals surface area contributed by atoms with Crippen molar-refractivity contribution < 1.29 is 23.8 Å². The number of anilines is 1. The van der Waals surface area contributed by atoms with Gasteiger partial charge in [0.2, 0.25) is 0 Å². The molecule has 1 aliphatic heterocycles. The molecule has 1 atom stereocenters. The third-order valence-corrected chi connectivity index (χ3v) is 7.22. The monoisotopic (exact) mass is 514 g/mol. The number of aromatic nitrogens is 1. The zero-order chi connectivity index (χ0) is 26.3. The molecule has 1 amide bonds. The van der Waals surface area contributed by atoms with Crippen LogP contribution in [0.4, 0.5) is 9.52 Å². The zero-order valence-electron chi connectivity index (χ0n) is 20.2. The number of fused-ring (bicyclic) bond motifs is 1. The summed E-state index contributed by atoms with van der Waals surface area (Å²) >= 11 is 1.10. The molecule has 0 aliphatic carbocycles. The highest BCUT2D eigenvalue weighted by atomic mass is 32.1. The Morgan fingerprint density at radius 1 is 1.14 bits per heavy atom. The first-order valence-corrected chi connectivity index (χ1v) is 12.4. The first-order valence-electron chi connectivity index (χ1n) is 11.6. The van der Waals surface area contributed by atoms with Gasteiger partial charge in [0.25, 0.3) is 5.78 Å². The van der Waals surface area contributed by atoms with E-state index in [1.54, 1.807) is 36.4 Å². The van der Waals surface area contributed by atoms with E-state index in [2.05, 4.69) is 11.6 Å². The lowest BCUT2D eigenvalue weighted by atomic mass is 9.93. The maximum atomic E-state index is 13.8. The Morgan fingerprint density at radius 2 is 1.89 bits per heavy atom. The highest BCUT2D eigenvalue weighted by molar-refractivity contribution is 7.22. The number of halogens is 1. The van der Waals surface area contributed by atoms with Crippen LogP contribution in [-0.4, -0.2) is 28.4 Å². The molecule has 1 aromatic heterocycles. The lowest BCUT2D eigenvalue weighted by molar-refractivity contribution is -0.132. The molecule has 0 spiro atoms. The van der Waals surface area contributed by atoms with E-state index in [0.29, 0.717) is 33.7 Å².